The quantitative estimate of drug-likeness (QED) is 0.341. The molecule has 0 fully saturated rings. The number of nitrogens with zero attached hydrogens (tertiary/aromatic N) is 2. The van der Waals surface area contributed by atoms with Gasteiger partial charge in [-0.2, -0.15) is 0 Å². The minimum atomic E-state index is 0. The Labute approximate surface area is 180 Å². The Morgan fingerprint density at radius 3 is 2.67 bits per heavy atom. The number of hydrogen-bond acceptors (Lipinski definition) is 3. The molecule has 5 nitrogen and oxygen atoms in total. The lowest BCUT2D eigenvalue weighted by Gasteiger charge is -2.15. The summed E-state index contributed by atoms with van der Waals surface area (Å²) in [6, 6.07) is 12.2. The number of benzene rings is 1. The second-order valence-electron chi connectivity index (χ2n) is 6.45. The molecule has 0 aliphatic rings. The highest BCUT2D eigenvalue weighted by Gasteiger charge is 2.05. The van der Waals surface area contributed by atoms with Crippen molar-refractivity contribution in [2.45, 2.75) is 40.2 Å². The normalized spacial score (nSPS) is 12.1. The van der Waals surface area contributed by atoms with E-state index in [2.05, 4.69) is 46.6 Å². The lowest BCUT2D eigenvalue weighted by Crippen LogP contribution is -2.39. The van der Waals surface area contributed by atoms with Crippen molar-refractivity contribution in [3.05, 3.63) is 59.4 Å². The van der Waals surface area contributed by atoms with Crippen LogP contribution in [0, 0.1) is 13.8 Å². The van der Waals surface area contributed by atoms with Crippen LogP contribution >= 0.6 is 24.0 Å². The summed E-state index contributed by atoms with van der Waals surface area (Å²) in [6.07, 6.45) is 2.85. The third-order valence-corrected chi connectivity index (χ3v) is 3.86. The van der Waals surface area contributed by atoms with Crippen molar-refractivity contribution in [1.82, 2.24) is 15.6 Å². The van der Waals surface area contributed by atoms with Crippen LogP contribution in [0.25, 0.3) is 0 Å². The fraction of sp³-hybridized carbons (Fsp3) is 0.429. The number of rotatable bonds is 8. The number of aryl methyl sites for hydroxylation is 2. The lowest BCUT2D eigenvalue weighted by atomic mass is 10.2. The molecule has 0 saturated heterocycles. The second-order valence-corrected chi connectivity index (χ2v) is 6.45. The van der Waals surface area contributed by atoms with Crippen molar-refractivity contribution < 1.29 is 4.74 Å². The van der Waals surface area contributed by atoms with Gasteiger partial charge in [0.1, 0.15) is 11.9 Å². The van der Waals surface area contributed by atoms with Crippen LogP contribution in [0.2, 0.25) is 0 Å². The van der Waals surface area contributed by atoms with E-state index in [0.717, 1.165) is 36.9 Å². The number of pyridine rings is 1. The molecular weight excluding hydrogens is 451 g/mol. The summed E-state index contributed by atoms with van der Waals surface area (Å²) in [5.74, 6) is 1.70. The van der Waals surface area contributed by atoms with Crippen LogP contribution in [0.5, 0.6) is 5.75 Å². The highest BCUT2D eigenvalue weighted by atomic mass is 127. The molecule has 2 N–H and O–H groups in total. The van der Waals surface area contributed by atoms with Crippen LogP contribution in [-0.2, 0) is 6.42 Å². The molecule has 0 radical (unpaired) electrons. The van der Waals surface area contributed by atoms with E-state index in [9.17, 15) is 0 Å². The number of hydrogen-bond donors (Lipinski definition) is 2. The largest absolute Gasteiger partial charge is 0.489 e. The molecule has 2 aromatic rings. The Kier molecular flexibility index (Phi) is 10.8. The summed E-state index contributed by atoms with van der Waals surface area (Å²) < 4.78 is 5.94. The molecule has 2 rings (SSSR count). The van der Waals surface area contributed by atoms with Gasteiger partial charge in [0.05, 0.1) is 6.54 Å². The standard InChI is InChI=1S/C21H30N4O.HI/c1-5-22-21(23-12-11-19-10-9-17(3)24-15-19)25-14-18(4)26-20-8-6-7-16(2)13-20;/h6-10,13,15,18H,5,11-12,14H2,1-4H3,(H2,22,23,25);1H. The van der Waals surface area contributed by atoms with E-state index in [1.807, 2.05) is 44.3 Å². The van der Waals surface area contributed by atoms with Crippen LogP contribution in [0.3, 0.4) is 0 Å². The summed E-state index contributed by atoms with van der Waals surface area (Å²) in [4.78, 5) is 8.96. The lowest BCUT2D eigenvalue weighted by molar-refractivity contribution is 0.230. The maximum absolute atomic E-state index is 5.94. The maximum Gasteiger partial charge on any atom is 0.191 e. The van der Waals surface area contributed by atoms with Crippen LogP contribution in [0.1, 0.15) is 30.7 Å². The van der Waals surface area contributed by atoms with E-state index < -0.39 is 0 Å². The summed E-state index contributed by atoms with van der Waals surface area (Å²) in [7, 11) is 0. The molecule has 0 amide bonds. The molecular formula is C21H31IN4O. The van der Waals surface area contributed by atoms with Crippen LogP contribution < -0.4 is 15.4 Å². The molecule has 1 aromatic carbocycles. The van der Waals surface area contributed by atoms with E-state index in [-0.39, 0.29) is 30.1 Å². The SMILES string of the molecule is CCNC(=NCC(C)Oc1cccc(C)c1)NCCc1ccc(C)nc1.I. The first kappa shape index (κ1) is 23.2. The number of aromatic nitrogens is 1. The fourth-order valence-corrected chi connectivity index (χ4v) is 2.49. The summed E-state index contributed by atoms with van der Waals surface area (Å²) in [5, 5.41) is 6.64. The van der Waals surface area contributed by atoms with Gasteiger partial charge in [-0.05, 0) is 63.4 Å². The number of guanidine groups is 1. The fourth-order valence-electron chi connectivity index (χ4n) is 2.49. The molecule has 0 saturated carbocycles. The molecule has 1 atom stereocenters. The molecule has 27 heavy (non-hydrogen) atoms. The minimum absolute atomic E-state index is 0. The van der Waals surface area contributed by atoms with Gasteiger partial charge in [-0.3, -0.25) is 4.98 Å². The zero-order valence-corrected chi connectivity index (χ0v) is 19.0. The van der Waals surface area contributed by atoms with Gasteiger partial charge in [-0.1, -0.05) is 18.2 Å². The molecule has 1 heterocycles. The smallest absolute Gasteiger partial charge is 0.191 e. The molecule has 0 spiro atoms. The van der Waals surface area contributed by atoms with Gasteiger partial charge in [-0.25, -0.2) is 4.99 Å². The van der Waals surface area contributed by atoms with Gasteiger partial charge in [0.2, 0.25) is 0 Å². The average molecular weight is 482 g/mol. The van der Waals surface area contributed by atoms with Crippen molar-refractivity contribution in [3.8, 4) is 5.75 Å². The Morgan fingerprint density at radius 2 is 2.00 bits per heavy atom. The predicted octanol–water partition coefficient (Wildman–Crippen LogP) is 3.88. The highest BCUT2D eigenvalue weighted by molar-refractivity contribution is 14.0. The summed E-state index contributed by atoms with van der Waals surface area (Å²) in [6.45, 7) is 10.4. The van der Waals surface area contributed by atoms with E-state index in [1.165, 1.54) is 11.1 Å². The number of ether oxygens (including phenoxy) is 1. The Bertz CT molecular complexity index is 704. The van der Waals surface area contributed by atoms with Crippen molar-refractivity contribution in [3.63, 3.8) is 0 Å². The molecule has 148 valence electrons. The van der Waals surface area contributed by atoms with Crippen LogP contribution in [-0.4, -0.2) is 36.7 Å². The van der Waals surface area contributed by atoms with E-state index in [1.54, 1.807) is 0 Å². The first-order valence-corrected chi connectivity index (χ1v) is 9.24. The van der Waals surface area contributed by atoms with Gasteiger partial charge in [-0.15, -0.1) is 24.0 Å². The topological polar surface area (TPSA) is 58.5 Å². The molecule has 0 aliphatic carbocycles. The third kappa shape index (κ3) is 9.08. The number of aliphatic imine (C=N–C) groups is 1. The van der Waals surface area contributed by atoms with E-state index in [4.69, 9.17) is 4.74 Å². The summed E-state index contributed by atoms with van der Waals surface area (Å²) >= 11 is 0. The van der Waals surface area contributed by atoms with Crippen molar-refractivity contribution in [2.75, 3.05) is 19.6 Å². The van der Waals surface area contributed by atoms with Crippen LogP contribution in [0.4, 0.5) is 0 Å². The maximum atomic E-state index is 5.94. The number of nitrogens with one attached hydrogen (secondary N) is 2. The van der Waals surface area contributed by atoms with Crippen molar-refractivity contribution in [2.24, 2.45) is 4.99 Å². The van der Waals surface area contributed by atoms with Gasteiger partial charge < -0.3 is 15.4 Å². The van der Waals surface area contributed by atoms with Crippen molar-refractivity contribution >= 4 is 29.9 Å². The Hall–Kier alpha value is -1.83. The number of halogens is 1. The first-order chi connectivity index (χ1) is 12.6. The minimum Gasteiger partial charge on any atom is -0.489 e. The average Bonchev–Trinajstić information content (AvgIpc) is 2.61. The van der Waals surface area contributed by atoms with Gasteiger partial charge in [0, 0.05) is 25.0 Å². The summed E-state index contributed by atoms with van der Waals surface area (Å²) in [5.41, 5.74) is 3.45. The highest BCUT2D eigenvalue weighted by Crippen LogP contribution is 2.14. The third-order valence-electron chi connectivity index (χ3n) is 3.86. The monoisotopic (exact) mass is 482 g/mol. The Morgan fingerprint density at radius 1 is 1.19 bits per heavy atom. The first-order valence-electron chi connectivity index (χ1n) is 9.24. The second kappa shape index (κ2) is 12.5. The van der Waals surface area contributed by atoms with Gasteiger partial charge in [0.15, 0.2) is 5.96 Å². The van der Waals surface area contributed by atoms with Gasteiger partial charge in [0.25, 0.3) is 0 Å². The van der Waals surface area contributed by atoms with Crippen molar-refractivity contribution in [1.29, 1.82) is 0 Å². The molecule has 1 unspecified atom stereocenters. The molecule has 0 aliphatic heterocycles. The molecule has 0 bridgehead atoms. The predicted molar refractivity (Wildman–Crippen MR) is 123 cm³/mol. The molecule has 1 aromatic heterocycles. The van der Waals surface area contributed by atoms with E-state index >= 15 is 0 Å². The van der Waals surface area contributed by atoms with Crippen LogP contribution in [0.15, 0.2) is 47.6 Å². The van der Waals surface area contributed by atoms with E-state index in [0.29, 0.717) is 6.54 Å². The Balaban J connectivity index is 0.00000364. The zero-order chi connectivity index (χ0) is 18.8. The van der Waals surface area contributed by atoms with Gasteiger partial charge >= 0.3 is 0 Å². The zero-order valence-electron chi connectivity index (χ0n) is 16.7. The molecule has 6 heteroatoms.